The molecule has 0 unspecified atom stereocenters. The largest absolute Gasteiger partial charge is 0.346 e. The lowest BCUT2D eigenvalue weighted by molar-refractivity contribution is -0.114. The molecular weight excluding hydrogens is 338 g/mol. The zero-order valence-electron chi connectivity index (χ0n) is 14.7. The van der Waals surface area contributed by atoms with Crippen molar-refractivity contribution in [3.05, 3.63) is 47.3 Å². The number of hydrogen-bond acceptors (Lipinski definition) is 3. The molecule has 1 aliphatic carbocycles. The molecule has 0 radical (unpaired) electrons. The van der Waals surface area contributed by atoms with Crippen molar-refractivity contribution in [2.75, 3.05) is 5.32 Å². The predicted octanol–water partition coefficient (Wildman–Crippen LogP) is 2.88. The molecule has 0 atom stereocenters. The van der Waals surface area contributed by atoms with Crippen LogP contribution in [-0.2, 0) is 21.4 Å². The van der Waals surface area contributed by atoms with Crippen molar-refractivity contribution in [1.29, 1.82) is 0 Å². The van der Waals surface area contributed by atoms with E-state index in [1.54, 1.807) is 12.1 Å². The van der Waals surface area contributed by atoms with Crippen molar-refractivity contribution in [2.24, 2.45) is 0 Å². The highest BCUT2D eigenvalue weighted by atomic mass is 32.2. The van der Waals surface area contributed by atoms with Gasteiger partial charge in [-0.3, -0.25) is 4.79 Å². The van der Waals surface area contributed by atoms with Gasteiger partial charge in [-0.15, -0.1) is 0 Å². The second-order valence-corrected chi connectivity index (χ2v) is 8.29. The summed E-state index contributed by atoms with van der Waals surface area (Å²) >= 11 is 0. The minimum absolute atomic E-state index is 0.178. The van der Waals surface area contributed by atoms with Gasteiger partial charge in [0.25, 0.3) is 0 Å². The van der Waals surface area contributed by atoms with Crippen LogP contribution in [0.4, 0.5) is 5.69 Å². The Kier molecular flexibility index (Phi) is 4.71. The molecule has 3 rings (SSSR count). The van der Waals surface area contributed by atoms with Gasteiger partial charge in [0.1, 0.15) is 0 Å². The number of carbonyl (C=O) groups is 1. The Bertz CT molecular complexity index is 894. The van der Waals surface area contributed by atoms with E-state index < -0.39 is 10.0 Å². The number of carbonyl (C=O) groups excluding carboxylic acids is 1. The normalized spacial score (nSPS) is 14.5. The van der Waals surface area contributed by atoms with Gasteiger partial charge in [0, 0.05) is 36.6 Å². The lowest BCUT2D eigenvalue weighted by Gasteiger charge is -2.10. The molecule has 1 aliphatic rings. The van der Waals surface area contributed by atoms with E-state index in [2.05, 4.69) is 27.6 Å². The van der Waals surface area contributed by atoms with E-state index in [-0.39, 0.29) is 17.3 Å². The fraction of sp³-hybridized carbons (Fsp3) is 0.389. The summed E-state index contributed by atoms with van der Waals surface area (Å²) in [6, 6.07) is 8.76. The van der Waals surface area contributed by atoms with E-state index in [1.165, 1.54) is 37.6 Å². The predicted molar refractivity (Wildman–Crippen MR) is 96.9 cm³/mol. The van der Waals surface area contributed by atoms with Crippen LogP contribution in [0, 0.1) is 13.8 Å². The Hall–Kier alpha value is -2.12. The molecule has 2 aromatic rings. The fourth-order valence-corrected chi connectivity index (χ4v) is 4.10. The number of benzene rings is 1. The third-order valence-electron chi connectivity index (χ3n) is 4.44. The molecule has 1 aromatic carbocycles. The molecule has 0 aliphatic heterocycles. The van der Waals surface area contributed by atoms with Gasteiger partial charge in [0.2, 0.25) is 15.9 Å². The molecule has 1 fully saturated rings. The molecule has 134 valence electrons. The number of rotatable bonds is 6. The van der Waals surface area contributed by atoms with Gasteiger partial charge in [-0.05, 0) is 62.6 Å². The highest BCUT2D eigenvalue weighted by molar-refractivity contribution is 7.89. The fourth-order valence-electron chi connectivity index (χ4n) is 3.10. The van der Waals surface area contributed by atoms with Gasteiger partial charge >= 0.3 is 0 Å². The maximum absolute atomic E-state index is 12.5. The average Bonchev–Trinajstić information content (AvgIpc) is 3.32. The van der Waals surface area contributed by atoms with Crippen LogP contribution in [0.25, 0.3) is 0 Å². The van der Waals surface area contributed by atoms with Gasteiger partial charge in [-0.25, -0.2) is 13.1 Å². The van der Waals surface area contributed by atoms with Gasteiger partial charge in [-0.2, -0.15) is 0 Å². The van der Waals surface area contributed by atoms with Crippen LogP contribution in [0.2, 0.25) is 0 Å². The lowest BCUT2D eigenvalue weighted by atomic mass is 10.2. The van der Waals surface area contributed by atoms with Crippen LogP contribution in [-0.4, -0.2) is 18.9 Å². The molecule has 25 heavy (non-hydrogen) atoms. The number of aromatic nitrogens is 1. The van der Waals surface area contributed by atoms with Crippen LogP contribution in [0.15, 0.2) is 35.2 Å². The minimum Gasteiger partial charge on any atom is -0.346 e. The van der Waals surface area contributed by atoms with Gasteiger partial charge in [-0.1, -0.05) is 0 Å². The molecule has 0 bridgehead atoms. The Labute approximate surface area is 148 Å². The second-order valence-electron chi connectivity index (χ2n) is 6.53. The van der Waals surface area contributed by atoms with E-state index in [4.69, 9.17) is 0 Å². The molecule has 0 spiro atoms. The number of sulfonamides is 1. The Morgan fingerprint density at radius 3 is 2.40 bits per heavy atom. The monoisotopic (exact) mass is 361 g/mol. The standard InChI is InChI=1S/C18H23N3O3S/c1-12-10-15(13(2)21(12)17-6-7-17)11-19-25(23,24)18-8-4-16(5-9-18)20-14(3)22/h4-5,8-10,17,19H,6-7,11H2,1-3H3,(H,20,22). The van der Waals surface area contributed by atoms with Crippen molar-refractivity contribution < 1.29 is 13.2 Å². The third kappa shape index (κ3) is 3.93. The molecule has 7 heteroatoms. The topological polar surface area (TPSA) is 80.2 Å². The number of aryl methyl sites for hydroxylation is 1. The summed E-state index contributed by atoms with van der Waals surface area (Å²) in [4.78, 5) is 11.2. The molecule has 1 amide bonds. The first-order valence-corrected chi connectivity index (χ1v) is 9.81. The number of amides is 1. The van der Waals surface area contributed by atoms with Gasteiger partial charge in [0.15, 0.2) is 0 Å². The van der Waals surface area contributed by atoms with Gasteiger partial charge < -0.3 is 9.88 Å². The van der Waals surface area contributed by atoms with Crippen LogP contribution in [0.5, 0.6) is 0 Å². The summed E-state index contributed by atoms with van der Waals surface area (Å²) in [5.74, 6) is -0.195. The van der Waals surface area contributed by atoms with Crippen LogP contribution >= 0.6 is 0 Å². The number of anilines is 1. The van der Waals surface area contributed by atoms with Crippen molar-refractivity contribution in [3.8, 4) is 0 Å². The number of nitrogens with zero attached hydrogens (tertiary/aromatic N) is 1. The van der Waals surface area contributed by atoms with Crippen molar-refractivity contribution >= 4 is 21.6 Å². The highest BCUT2D eigenvalue weighted by Gasteiger charge is 2.27. The summed E-state index contributed by atoms with van der Waals surface area (Å²) in [5, 5.41) is 2.62. The summed E-state index contributed by atoms with van der Waals surface area (Å²) in [6.07, 6.45) is 2.39. The SMILES string of the molecule is CC(=O)Nc1ccc(S(=O)(=O)NCc2cc(C)n(C3CC3)c2C)cc1. The Balaban J connectivity index is 1.71. The molecule has 6 nitrogen and oxygen atoms in total. The number of nitrogens with one attached hydrogen (secondary N) is 2. The summed E-state index contributed by atoms with van der Waals surface area (Å²) in [7, 11) is -3.60. The minimum atomic E-state index is -3.60. The third-order valence-corrected chi connectivity index (χ3v) is 5.86. The van der Waals surface area contributed by atoms with Gasteiger partial charge in [0.05, 0.1) is 4.90 Å². The second kappa shape index (κ2) is 6.65. The zero-order valence-corrected chi connectivity index (χ0v) is 15.5. The van der Waals surface area contributed by atoms with E-state index >= 15 is 0 Å². The van der Waals surface area contributed by atoms with Crippen molar-refractivity contribution in [3.63, 3.8) is 0 Å². The molecular formula is C18H23N3O3S. The average molecular weight is 361 g/mol. The van der Waals surface area contributed by atoms with E-state index in [0.717, 1.165) is 11.3 Å². The molecule has 1 saturated carbocycles. The molecule has 1 heterocycles. The zero-order chi connectivity index (χ0) is 18.2. The van der Waals surface area contributed by atoms with Crippen LogP contribution in [0.3, 0.4) is 0 Å². The van der Waals surface area contributed by atoms with E-state index in [9.17, 15) is 13.2 Å². The first-order valence-electron chi connectivity index (χ1n) is 8.32. The number of hydrogen-bond donors (Lipinski definition) is 2. The smallest absolute Gasteiger partial charge is 0.240 e. The Morgan fingerprint density at radius 2 is 1.84 bits per heavy atom. The lowest BCUT2D eigenvalue weighted by Crippen LogP contribution is -2.23. The summed E-state index contributed by atoms with van der Waals surface area (Å²) < 4.78 is 29.9. The first kappa shape index (κ1) is 17.7. The maximum atomic E-state index is 12.5. The van der Waals surface area contributed by atoms with E-state index in [1.807, 2.05) is 6.92 Å². The molecule has 1 aromatic heterocycles. The first-order chi connectivity index (χ1) is 11.8. The Morgan fingerprint density at radius 1 is 1.20 bits per heavy atom. The summed E-state index contributed by atoms with van der Waals surface area (Å²) in [6.45, 7) is 5.77. The van der Waals surface area contributed by atoms with Crippen LogP contribution < -0.4 is 10.0 Å². The highest BCUT2D eigenvalue weighted by Crippen LogP contribution is 2.38. The maximum Gasteiger partial charge on any atom is 0.240 e. The van der Waals surface area contributed by atoms with Crippen LogP contribution in [0.1, 0.15) is 42.8 Å². The summed E-state index contributed by atoms with van der Waals surface area (Å²) in [5.41, 5.74) is 3.87. The van der Waals surface area contributed by atoms with Crippen molar-refractivity contribution in [1.82, 2.24) is 9.29 Å². The van der Waals surface area contributed by atoms with Crippen molar-refractivity contribution in [2.45, 2.75) is 51.1 Å². The molecule has 2 N–H and O–H groups in total. The quantitative estimate of drug-likeness (QED) is 0.830. The molecule has 0 saturated heterocycles. The van der Waals surface area contributed by atoms with E-state index in [0.29, 0.717) is 11.7 Å².